The summed E-state index contributed by atoms with van der Waals surface area (Å²) in [7, 11) is 1.77. The van der Waals surface area contributed by atoms with Gasteiger partial charge in [-0.05, 0) is 25.0 Å². The van der Waals surface area contributed by atoms with Gasteiger partial charge in [-0.1, -0.05) is 6.92 Å². The normalized spacial score (nSPS) is 15.8. The number of rotatable bonds is 4. The zero-order valence-electron chi connectivity index (χ0n) is 12.6. The van der Waals surface area contributed by atoms with Crippen LogP contribution in [-0.2, 0) is 4.79 Å². The van der Waals surface area contributed by atoms with Crippen molar-refractivity contribution in [1.82, 2.24) is 14.8 Å². The van der Waals surface area contributed by atoms with Crippen LogP contribution in [0, 0.1) is 0 Å². The van der Waals surface area contributed by atoms with Gasteiger partial charge in [-0.3, -0.25) is 14.6 Å². The third-order valence-electron chi connectivity index (χ3n) is 3.52. The topological polar surface area (TPSA) is 65.5 Å². The van der Waals surface area contributed by atoms with Crippen molar-refractivity contribution < 1.29 is 9.59 Å². The largest absolute Gasteiger partial charge is 0.385 e. The van der Waals surface area contributed by atoms with Gasteiger partial charge >= 0.3 is 0 Å². The van der Waals surface area contributed by atoms with Gasteiger partial charge in [-0.15, -0.1) is 0 Å². The number of aromatic nitrogens is 1. The van der Waals surface area contributed by atoms with Gasteiger partial charge in [0.25, 0.3) is 5.91 Å². The predicted molar refractivity (Wildman–Crippen MR) is 81.2 cm³/mol. The number of anilines is 1. The summed E-state index contributed by atoms with van der Waals surface area (Å²) in [4.78, 5) is 31.8. The second-order valence-corrected chi connectivity index (χ2v) is 5.25. The van der Waals surface area contributed by atoms with Crippen molar-refractivity contribution in [2.45, 2.75) is 19.8 Å². The molecule has 1 aliphatic rings. The van der Waals surface area contributed by atoms with E-state index in [1.807, 2.05) is 6.07 Å². The fourth-order valence-electron chi connectivity index (χ4n) is 2.25. The van der Waals surface area contributed by atoms with E-state index in [0.717, 1.165) is 25.1 Å². The fraction of sp³-hybridized carbons (Fsp3) is 0.533. The molecule has 2 amide bonds. The summed E-state index contributed by atoms with van der Waals surface area (Å²) in [6, 6.07) is 3.59. The van der Waals surface area contributed by atoms with Gasteiger partial charge < -0.3 is 15.1 Å². The van der Waals surface area contributed by atoms with Crippen LogP contribution in [0.5, 0.6) is 0 Å². The Morgan fingerprint density at radius 3 is 3.00 bits per heavy atom. The Hall–Kier alpha value is -2.11. The van der Waals surface area contributed by atoms with Crippen LogP contribution in [0.1, 0.15) is 30.3 Å². The number of amides is 2. The average molecular weight is 290 g/mol. The first-order valence-electron chi connectivity index (χ1n) is 7.35. The maximum absolute atomic E-state index is 12.5. The van der Waals surface area contributed by atoms with Gasteiger partial charge in [0, 0.05) is 38.6 Å². The second-order valence-electron chi connectivity index (χ2n) is 5.25. The van der Waals surface area contributed by atoms with E-state index in [-0.39, 0.29) is 18.4 Å². The lowest BCUT2D eigenvalue weighted by Crippen LogP contribution is -2.38. The molecule has 1 saturated heterocycles. The third-order valence-corrected chi connectivity index (χ3v) is 3.52. The number of likely N-dealkylation sites (N-methyl/N-ethyl adjacent to an activating group) is 1. The summed E-state index contributed by atoms with van der Waals surface area (Å²) in [6.45, 7) is 4.34. The van der Waals surface area contributed by atoms with Crippen LogP contribution in [0.15, 0.2) is 18.3 Å². The third kappa shape index (κ3) is 3.93. The Morgan fingerprint density at radius 2 is 2.24 bits per heavy atom. The highest BCUT2D eigenvalue weighted by Crippen LogP contribution is 2.12. The van der Waals surface area contributed by atoms with Crippen molar-refractivity contribution in [2.75, 3.05) is 38.5 Å². The van der Waals surface area contributed by atoms with Crippen LogP contribution in [0.3, 0.4) is 0 Å². The number of carbonyl (C=O) groups is 2. The van der Waals surface area contributed by atoms with E-state index in [1.54, 1.807) is 29.1 Å². The maximum atomic E-state index is 12.5. The number of nitrogens with zero attached hydrogens (tertiary/aromatic N) is 3. The molecule has 0 unspecified atom stereocenters. The number of hydrogen-bond donors (Lipinski definition) is 1. The van der Waals surface area contributed by atoms with Gasteiger partial charge in [-0.25, -0.2) is 0 Å². The SMILES string of the molecule is CCCNc1ccnc(C(=O)N2CCCN(C)C(=O)C2)c1. The predicted octanol–water partition coefficient (Wildman–Crippen LogP) is 1.21. The number of carbonyl (C=O) groups excluding carboxylic acids is 2. The van der Waals surface area contributed by atoms with Crippen molar-refractivity contribution in [3.63, 3.8) is 0 Å². The summed E-state index contributed by atoms with van der Waals surface area (Å²) < 4.78 is 0. The molecule has 6 heteroatoms. The summed E-state index contributed by atoms with van der Waals surface area (Å²) in [5.41, 5.74) is 1.27. The molecule has 0 radical (unpaired) electrons. The Bertz CT molecular complexity index is 518. The molecule has 1 aliphatic heterocycles. The number of pyridine rings is 1. The van der Waals surface area contributed by atoms with Gasteiger partial charge in [0.2, 0.25) is 5.91 Å². The molecule has 114 valence electrons. The van der Waals surface area contributed by atoms with E-state index in [1.165, 1.54) is 0 Å². The monoisotopic (exact) mass is 290 g/mol. The zero-order valence-corrected chi connectivity index (χ0v) is 12.6. The standard InChI is InChI=1S/C15H22N4O2/c1-3-6-16-12-5-7-17-13(10-12)15(21)19-9-4-8-18(2)14(20)11-19/h5,7,10H,3-4,6,8-9,11H2,1-2H3,(H,16,17). The molecule has 0 saturated carbocycles. The Morgan fingerprint density at radius 1 is 1.43 bits per heavy atom. The van der Waals surface area contributed by atoms with E-state index in [2.05, 4.69) is 17.2 Å². The van der Waals surface area contributed by atoms with Crippen LogP contribution in [0.25, 0.3) is 0 Å². The van der Waals surface area contributed by atoms with Crippen LogP contribution >= 0.6 is 0 Å². The van der Waals surface area contributed by atoms with Crippen LogP contribution in [0.2, 0.25) is 0 Å². The lowest BCUT2D eigenvalue weighted by molar-refractivity contribution is -0.129. The summed E-state index contributed by atoms with van der Waals surface area (Å²) >= 11 is 0. The highest BCUT2D eigenvalue weighted by Gasteiger charge is 2.24. The molecule has 21 heavy (non-hydrogen) atoms. The van der Waals surface area contributed by atoms with Crippen LogP contribution < -0.4 is 5.32 Å². The molecule has 2 rings (SSSR count). The van der Waals surface area contributed by atoms with E-state index >= 15 is 0 Å². The molecule has 6 nitrogen and oxygen atoms in total. The molecular formula is C15H22N4O2. The first-order chi connectivity index (χ1) is 10.1. The molecule has 1 N–H and O–H groups in total. The minimum Gasteiger partial charge on any atom is -0.385 e. The van der Waals surface area contributed by atoms with Crippen molar-refractivity contribution in [1.29, 1.82) is 0 Å². The lowest BCUT2D eigenvalue weighted by atomic mass is 10.2. The quantitative estimate of drug-likeness (QED) is 0.905. The summed E-state index contributed by atoms with van der Waals surface area (Å²) in [6.07, 6.45) is 3.43. The molecular weight excluding hydrogens is 268 g/mol. The van der Waals surface area contributed by atoms with Gasteiger partial charge in [0.1, 0.15) is 12.2 Å². The minimum absolute atomic E-state index is 0.0267. The lowest BCUT2D eigenvalue weighted by Gasteiger charge is -2.19. The van der Waals surface area contributed by atoms with Crippen molar-refractivity contribution in [3.05, 3.63) is 24.0 Å². The summed E-state index contributed by atoms with van der Waals surface area (Å²) in [5, 5.41) is 3.23. The fourth-order valence-corrected chi connectivity index (χ4v) is 2.25. The molecule has 0 spiro atoms. The van der Waals surface area contributed by atoms with Gasteiger partial charge in [0.05, 0.1) is 0 Å². The molecule has 1 fully saturated rings. The molecule has 0 bridgehead atoms. The van der Waals surface area contributed by atoms with Gasteiger partial charge in [0.15, 0.2) is 0 Å². The maximum Gasteiger partial charge on any atom is 0.272 e. The second kappa shape index (κ2) is 7.06. The first kappa shape index (κ1) is 15.3. The molecule has 1 aromatic heterocycles. The zero-order chi connectivity index (χ0) is 15.2. The van der Waals surface area contributed by atoms with Crippen molar-refractivity contribution in [3.8, 4) is 0 Å². The van der Waals surface area contributed by atoms with E-state index < -0.39 is 0 Å². The van der Waals surface area contributed by atoms with Gasteiger partial charge in [-0.2, -0.15) is 0 Å². The highest BCUT2D eigenvalue weighted by molar-refractivity contribution is 5.95. The van der Waals surface area contributed by atoms with E-state index in [4.69, 9.17) is 0 Å². The Kier molecular flexibility index (Phi) is 5.14. The average Bonchev–Trinajstić information content (AvgIpc) is 2.67. The Labute approximate surface area is 125 Å². The smallest absolute Gasteiger partial charge is 0.272 e. The number of nitrogens with one attached hydrogen (secondary N) is 1. The minimum atomic E-state index is -0.182. The van der Waals surface area contributed by atoms with Crippen molar-refractivity contribution >= 4 is 17.5 Å². The number of hydrogen-bond acceptors (Lipinski definition) is 4. The van der Waals surface area contributed by atoms with Crippen LogP contribution in [0.4, 0.5) is 5.69 Å². The summed E-state index contributed by atoms with van der Waals surface area (Å²) in [5.74, 6) is -0.208. The molecule has 1 aromatic rings. The van der Waals surface area contributed by atoms with E-state index in [0.29, 0.717) is 18.8 Å². The van der Waals surface area contributed by atoms with E-state index in [9.17, 15) is 9.59 Å². The molecule has 0 aliphatic carbocycles. The Balaban J connectivity index is 2.10. The van der Waals surface area contributed by atoms with Crippen molar-refractivity contribution in [2.24, 2.45) is 0 Å². The molecule has 0 aromatic carbocycles. The molecule has 2 heterocycles. The highest BCUT2D eigenvalue weighted by atomic mass is 16.2. The first-order valence-corrected chi connectivity index (χ1v) is 7.35. The van der Waals surface area contributed by atoms with Crippen LogP contribution in [-0.4, -0.2) is 59.8 Å². The molecule has 0 atom stereocenters.